The Labute approximate surface area is 100 Å². The third-order valence-electron chi connectivity index (χ3n) is 2.13. The maximum Gasteiger partial charge on any atom is 0.215 e. The molecule has 0 saturated carbocycles. The number of sulfonamides is 1. The monoisotopic (exact) mass is 256 g/mol. The standard InChI is InChI=1S/C11H13FN2O2S/c1-9(6-13)7-14-17(15,16)8-10-4-2-3-5-11(10)12/h2-5,9,14H,7-8H2,1H3/t9-/m0/s1. The zero-order valence-corrected chi connectivity index (χ0v) is 10.2. The third-order valence-corrected chi connectivity index (χ3v) is 3.43. The molecule has 92 valence electrons. The zero-order valence-electron chi connectivity index (χ0n) is 9.35. The number of hydrogen-bond acceptors (Lipinski definition) is 3. The first kappa shape index (κ1) is 13.6. The van der Waals surface area contributed by atoms with Crippen molar-refractivity contribution in [2.45, 2.75) is 12.7 Å². The second-order valence-electron chi connectivity index (χ2n) is 3.73. The van der Waals surface area contributed by atoms with E-state index >= 15 is 0 Å². The van der Waals surface area contributed by atoms with E-state index < -0.39 is 27.5 Å². The first-order valence-corrected chi connectivity index (χ1v) is 6.70. The molecule has 0 aliphatic rings. The normalized spacial score (nSPS) is 13.0. The molecule has 1 N–H and O–H groups in total. The summed E-state index contributed by atoms with van der Waals surface area (Å²) in [6, 6.07) is 7.61. The van der Waals surface area contributed by atoms with E-state index in [9.17, 15) is 12.8 Å². The van der Waals surface area contributed by atoms with Crippen LogP contribution < -0.4 is 4.72 Å². The van der Waals surface area contributed by atoms with E-state index in [1.807, 2.05) is 6.07 Å². The molecular formula is C11H13FN2O2S. The number of halogens is 1. The fourth-order valence-corrected chi connectivity index (χ4v) is 2.42. The van der Waals surface area contributed by atoms with Gasteiger partial charge in [0.15, 0.2) is 0 Å². The molecule has 1 aromatic rings. The van der Waals surface area contributed by atoms with E-state index in [-0.39, 0.29) is 12.1 Å². The van der Waals surface area contributed by atoms with Crippen LogP contribution >= 0.6 is 0 Å². The van der Waals surface area contributed by atoms with Gasteiger partial charge in [-0.2, -0.15) is 5.26 Å². The van der Waals surface area contributed by atoms with Gasteiger partial charge in [0.2, 0.25) is 10.0 Å². The van der Waals surface area contributed by atoms with Gasteiger partial charge in [0.25, 0.3) is 0 Å². The number of nitriles is 1. The average molecular weight is 256 g/mol. The van der Waals surface area contributed by atoms with Crippen molar-refractivity contribution >= 4 is 10.0 Å². The number of nitrogens with zero attached hydrogens (tertiary/aromatic N) is 1. The number of hydrogen-bond donors (Lipinski definition) is 1. The van der Waals surface area contributed by atoms with Gasteiger partial charge in [0.05, 0.1) is 17.7 Å². The maximum atomic E-state index is 13.2. The summed E-state index contributed by atoms with van der Waals surface area (Å²) in [6.07, 6.45) is 0. The minimum atomic E-state index is -3.60. The molecule has 0 spiro atoms. The summed E-state index contributed by atoms with van der Waals surface area (Å²) in [5.41, 5.74) is 0.115. The van der Waals surface area contributed by atoms with Crippen molar-refractivity contribution in [1.29, 1.82) is 5.26 Å². The second-order valence-corrected chi connectivity index (χ2v) is 5.54. The summed E-state index contributed by atoms with van der Waals surface area (Å²) in [7, 11) is -3.60. The Kier molecular flexibility index (Phi) is 4.61. The van der Waals surface area contributed by atoms with E-state index in [0.717, 1.165) is 0 Å². The lowest BCUT2D eigenvalue weighted by atomic mass is 10.2. The van der Waals surface area contributed by atoms with Gasteiger partial charge in [0, 0.05) is 12.1 Å². The topological polar surface area (TPSA) is 70.0 Å². The van der Waals surface area contributed by atoms with Crippen LogP contribution in [0, 0.1) is 23.1 Å². The first-order valence-electron chi connectivity index (χ1n) is 5.05. The first-order chi connectivity index (χ1) is 7.94. The molecule has 0 unspecified atom stereocenters. The third kappa shape index (κ3) is 4.51. The van der Waals surface area contributed by atoms with E-state index in [1.165, 1.54) is 18.2 Å². The van der Waals surface area contributed by atoms with Crippen LogP contribution in [0.4, 0.5) is 4.39 Å². The predicted octanol–water partition coefficient (Wildman–Crippen LogP) is 1.40. The molecule has 0 bridgehead atoms. The molecule has 1 aromatic carbocycles. The number of benzene rings is 1. The predicted molar refractivity (Wildman–Crippen MR) is 61.8 cm³/mol. The van der Waals surface area contributed by atoms with Crippen LogP contribution in [0.25, 0.3) is 0 Å². The van der Waals surface area contributed by atoms with Crippen molar-refractivity contribution in [3.8, 4) is 6.07 Å². The maximum absolute atomic E-state index is 13.2. The summed E-state index contributed by atoms with van der Waals surface area (Å²) in [5.74, 6) is -1.38. The molecule has 0 amide bonds. The fourth-order valence-electron chi connectivity index (χ4n) is 1.17. The van der Waals surface area contributed by atoms with E-state index in [0.29, 0.717) is 0 Å². The van der Waals surface area contributed by atoms with Crippen molar-refractivity contribution in [2.24, 2.45) is 5.92 Å². The second kappa shape index (κ2) is 5.75. The van der Waals surface area contributed by atoms with Gasteiger partial charge in [0.1, 0.15) is 5.82 Å². The largest absolute Gasteiger partial charge is 0.215 e. The van der Waals surface area contributed by atoms with Crippen LogP contribution in [0.15, 0.2) is 24.3 Å². The molecule has 0 aromatic heterocycles. The zero-order chi connectivity index (χ0) is 12.9. The SMILES string of the molecule is C[C@@H](C#N)CNS(=O)(=O)Cc1ccccc1F. The van der Waals surface area contributed by atoms with Crippen LogP contribution in [0.2, 0.25) is 0 Å². The average Bonchev–Trinajstić information content (AvgIpc) is 2.29. The Morgan fingerprint density at radius 2 is 2.12 bits per heavy atom. The highest BCUT2D eigenvalue weighted by atomic mass is 32.2. The molecular weight excluding hydrogens is 243 g/mol. The summed E-state index contributed by atoms with van der Waals surface area (Å²) in [5, 5.41) is 8.52. The molecule has 0 fully saturated rings. The highest BCUT2D eigenvalue weighted by molar-refractivity contribution is 7.88. The Bertz CT molecular complexity index is 523. The van der Waals surface area contributed by atoms with E-state index in [4.69, 9.17) is 5.26 Å². The van der Waals surface area contributed by atoms with Crippen LogP contribution in [0.1, 0.15) is 12.5 Å². The molecule has 1 rings (SSSR count). The van der Waals surface area contributed by atoms with Crippen LogP contribution in [-0.2, 0) is 15.8 Å². The summed E-state index contributed by atoms with van der Waals surface area (Å²) in [6.45, 7) is 1.64. The molecule has 0 radical (unpaired) electrons. The van der Waals surface area contributed by atoms with E-state index in [2.05, 4.69) is 4.72 Å². The Hall–Kier alpha value is -1.45. The van der Waals surface area contributed by atoms with Crippen LogP contribution in [0.5, 0.6) is 0 Å². The van der Waals surface area contributed by atoms with Gasteiger partial charge in [-0.05, 0) is 13.0 Å². The minimum absolute atomic E-state index is 0.0350. The fraction of sp³-hybridized carbons (Fsp3) is 0.364. The van der Waals surface area contributed by atoms with Gasteiger partial charge >= 0.3 is 0 Å². The van der Waals surface area contributed by atoms with Gasteiger partial charge < -0.3 is 0 Å². The van der Waals surface area contributed by atoms with Gasteiger partial charge in [-0.25, -0.2) is 17.5 Å². The lowest BCUT2D eigenvalue weighted by molar-refractivity contribution is 0.567. The molecule has 0 saturated heterocycles. The van der Waals surface area contributed by atoms with Crippen molar-refractivity contribution < 1.29 is 12.8 Å². The quantitative estimate of drug-likeness (QED) is 0.865. The molecule has 6 heteroatoms. The van der Waals surface area contributed by atoms with Crippen molar-refractivity contribution in [3.63, 3.8) is 0 Å². The molecule has 4 nitrogen and oxygen atoms in total. The molecule has 0 aliphatic carbocycles. The lowest BCUT2D eigenvalue weighted by Gasteiger charge is -2.08. The van der Waals surface area contributed by atoms with Crippen LogP contribution in [-0.4, -0.2) is 15.0 Å². The Balaban J connectivity index is 2.68. The minimum Gasteiger partial charge on any atom is -0.214 e. The van der Waals surface area contributed by atoms with Crippen molar-refractivity contribution in [3.05, 3.63) is 35.6 Å². The highest BCUT2D eigenvalue weighted by Crippen LogP contribution is 2.09. The summed E-state index contributed by atoms with van der Waals surface area (Å²) >= 11 is 0. The van der Waals surface area contributed by atoms with Gasteiger partial charge in [-0.3, -0.25) is 0 Å². The smallest absolute Gasteiger partial charge is 0.214 e. The lowest BCUT2D eigenvalue weighted by Crippen LogP contribution is -2.29. The molecule has 0 aliphatic heterocycles. The van der Waals surface area contributed by atoms with Crippen molar-refractivity contribution in [1.82, 2.24) is 4.72 Å². The van der Waals surface area contributed by atoms with Crippen LogP contribution in [0.3, 0.4) is 0 Å². The van der Waals surface area contributed by atoms with Gasteiger partial charge in [-0.15, -0.1) is 0 Å². The summed E-state index contributed by atoms with van der Waals surface area (Å²) in [4.78, 5) is 0. The number of nitrogens with one attached hydrogen (secondary N) is 1. The van der Waals surface area contributed by atoms with Crippen molar-refractivity contribution in [2.75, 3.05) is 6.54 Å². The Morgan fingerprint density at radius 1 is 1.47 bits per heavy atom. The van der Waals surface area contributed by atoms with E-state index in [1.54, 1.807) is 13.0 Å². The van der Waals surface area contributed by atoms with Gasteiger partial charge in [-0.1, -0.05) is 18.2 Å². The molecule has 17 heavy (non-hydrogen) atoms. The highest BCUT2D eigenvalue weighted by Gasteiger charge is 2.14. The Morgan fingerprint density at radius 3 is 2.71 bits per heavy atom. The summed E-state index contributed by atoms with van der Waals surface area (Å²) < 4.78 is 38.7. The molecule has 1 atom stereocenters. The number of rotatable bonds is 5. The molecule has 0 heterocycles.